The highest BCUT2D eigenvalue weighted by atomic mass is 32.2. The van der Waals surface area contributed by atoms with E-state index in [2.05, 4.69) is 17.1 Å². The van der Waals surface area contributed by atoms with E-state index in [0.29, 0.717) is 34.0 Å². The summed E-state index contributed by atoms with van der Waals surface area (Å²) in [6, 6.07) is 7.69. The molecule has 0 N–H and O–H groups in total. The standard InChI is InChI=1S/C18H18N2O4S/c1-10-5-6-13(7-11(10)2)16-19-20-18(24-16)25-9-14-8-15(12(3)23-14)17(21)22-4/h5-8H,9H2,1-4H3. The Morgan fingerprint density at radius 2 is 1.92 bits per heavy atom. The minimum Gasteiger partial charge on any atom is -0.465 e. The lowest BCUT2D eigenvalue weighted by atomic mass is 10.1. The summed E-state index contributed by atoms with van der Waals surface area (Å²) in [5, 5.41) is 8.59. The van der Waals surface area contributed by atoms with Crippen LogP contribution < -0.4 is 0 Å². The smallest absolute Gasteiger partial charge is 0.341 e. The first-order valence-corrected chi connectivity index (χ1v) is 8.68. The van der Waals surface area contributed by atoms with E-state index in [0.717, 1.165) is 5.56 Å². The molecule has 0 aliphatic heterocycles. The van der Waals surface area contributed by atoms with Crippen LogP contribution in [0.5, 0.6) is 0 Å². The zero-order valence-corrected chi connectivity index (χ0v) is 15.3. The number of methoxy groups -OCH3 is 1. The molecular formula is C18H18N2O4S. The summed E-state index contributed by atoms with van der Waals surface area (Å²) in [6.45, 7) is 5.83. The van der Waals surface area contributed by atoms with Crippen molar-refractivity contribution in [2.45, 2.75) is 31.7 Å². The monoisotopic (exact) mass is 358 g/mol. The number of thioether (sulfide) groups is 1. The molecule has 1 aromatic carbocycles. The van der Waals surface area contributed by atoms with Gasteiger partial charge in [0.05, 0.1) is 12.9 Å². The van der Waals surface area contributed by atoms with Gasteiger partial charge < -0.3 is 13.6 Å². The fraction of sp³-hybridized carbons (Fsp3) is 0.278. The van der Waals surface area contributed by atoms with Crippen LogP contribution in [-0.4, -0.2) is 23.3 Å². The van der Waals surface area contributed by atoms with Crippen molar-refractivity contribution in [3.8, 4) is 11.5 Å². The van der Waals surface area contributed by atoms with Crippen LogP contribution in [0.15, 0.2) is 38.3 Å². The van der Waals surface area contributed by atoms with Gasteiger partial charge in [0.25, 0.3) is 5.22 Å². The molecule has 0 saturated carbocycles. The lowest BCUT2D eigenvalue weighted by Gasteiger charge is -2.00. The largest absolute Gasteiger partial charge is 0.465 e. The number of ether oxygens (including phenoxy) is 1. The van der Waals surface area contributed by atoms with Crippen molar-refractivity contribution in [3.05, 3.63) is 52.5 Å². The van der Waals surface area contributed by atoms with Gasteiger partial charge in [0.2, 0.25) is 5.89 Å². The average molecular weight is 358 g/mol. The maximum absolute atomic E-state index is 11.6. The molecule has 3 rings (SSSR count). The van der Waals surface area contributed by atoms with Crippen molar-refractivity contribution in [2.24, 2.45) is 0 Å². The van der Waals surface area contributed by atoms with Gasteiger partial charge in [0.15, 0.2) is 0 Å². The van der Waals surface area contributed by atoms with E-state index in [1.54, 1.807) is 13.0 Å². The summed E-state index contributed by atoms with van der Waals surface area (Å²) in [5.41, 5.74) is 3.71. The number of carbonyl (C=O) groups is 1. The Morgan fingerprint density at radius 1 is 1.12 bits per heavy atom. The molecule has 0 bridgehead atoms. The zero-order chi connectivity index (χ0) is 18.0. The first kappa shape index (κ1) is 17.3. The maximum atomic E-state index is 11.6. The fourth-order valence-corrected chi connectivity index (χ4v) is 2.96. The molecule has 2 heterocycles. The lowest BCUT2D eigenvalue weighted by molar-refractivity contribution is 0.0599. The number of carbonyl (C=O) groups excluding carboxylic acids is 1. The van der Waals surface area contributed by atoms with Gasteiger partial charge >= 0.3 is 5.97 Å². The number of aromatic nitrogens is 2. The van der Waals surface area contributed by atoms with E-state index in [1.165, 1.54) is 30.0 Å². The van der Waals surface area contributed by atoms with Gasteiger partial charge in [-0.05, 0) is 50.1 Å². The lowest BCUT2D eigenvalue weighted by Crippen LogP contribution is -2.00. The summed E-state index contributed by atoms with van der Waals surface area (Å²) in [6.07, 6.45) is 0. The number of furan rings is 1. The second kappa shape index (κ2) is 7.14. The molecule has 0 spiro atoms. The molecule has 0 saturated heterocycles. The number of esters is 1. The zero-order valence-electron chi connectivity index (χ0n) is 14.5. The molecule has 25 heavy (non-hydrogen) atoms. The number of hydrogen-bond acceptors (Lipinski definition) is 7. The molecule has 6 nitrogen and oxygen atoms in total. The van der Waals surface area contributed by atoms with E-state index in [1.807, 2.05) is 25.1 Å². The first-order valence-electron chi connectivity index (χ1n) is 7.69. The van der Waals surface area contributed by atoms with Crippen molar-refractivity contribution >= 4 is 17.7 Å². The van der Waals surface area contributed by atoms with E-state index >= 15 is 0 Å². The average Bonchev–Trinajstić information content (AvgIpc) is 3.21. The third-order valence-electron chi connectivity index (χ3n) is 3.87. The van der Waals surface area contributed by atoms with E-state index in [4.69, 9.17) is 13.6 Å². The summed E-state index contributed by atoms with van der Waals surface area (Å²) >= 11 is 1.35. The van der Waals surface area contributed by atoms with Crippen LogP contribution >= 0.6 is 11.8 Å². The van der Waals surface area contributed by atoms with Gasteiger partial charge in [-0.2, -0.15) is 0 Å². The van der Waals surface area contributed by atoms with Gasteiger partial charge in [0.1, 0.15) is 17.1 Å². The number of rotatable bonds is 5. The Hall–Kier alpha value is -2.54. The van der Waals surface area contributed by atoms with Crippen molar-refractivity contribution in [2.75, 3.05) is 7.11 Å². The van der Waals surface area contributed by atoms with Crippen LogP contribution in [0.2, 0.25) is 0 Å². The molecule has 0 amide bonds. The number of aryl methyl sites for hydroxylation is 3. The Labute approximate surface area is 149 Å². The van der Waals surface area contributed by atoms with Crippen molar-refractivity contribution in [1.29, 1.82) is 0 Å². The molecular weight excluding hydrogens is 340 g/mol. The van der Waals surface area contributed by atoms with Crippen LogP contribution in [0.4, 0.5) is 0 Å². The van der Waals surface area contributed by atoms with Crippen LogP contribution in [-0.2, 0) is 10.5 Å². The summed E-state index contributed by atoms with van der Waals surface area (Å²) in [4.78, 5) is 11.6. The highest BCUT2D eigenvalue weighted by Gasteiger charge is 2.16. The van der Waals surface area contributed by atoms with Crippen LogP contribution in [0.1, 0.15) is 33.0 Å². The highest BCUT2D eigenvalue weighted by molar-refractivity contribution is 7.98. The first-order chi connectivity index (χ1) is 12.0. The normalized spacial score (nSPS) is 10.9. The predicted molar refractivity (Wildman–Crippen MR) is 93.6 cm³/mol. The number of benzene rings is 1. The fourth-order valence-electron chi connectivity index (χ4n) is 2.32. The topological polar surface area (TPSA) is 78.4 Å². The van der Waals surface area contributed by atoms with Gasteiger partial charge in [-0.1, -0.05) is 17.8 Å². The van der Waals surface area contributed by atoms with Crippen LogP contribution in [0, 0.1) is 20.8 Å². The van der Waals surface area contributed by atoms with Gasteiger partial charge in [-0.25, -0.2) is 4.79 Å². The summed E-state index contributed by atoms with van der Waals surface area (Å²) in [5.74, 6) is 1.73. The van der Waals surface area contributed by atoms with Gasteiger partial charge in [-0.3, -0.25) is 0 Å². The van der Waals surface area contributed by atoms with E-state index in [9.17, 15) is 4.79 Å². The van der Waals surface area contributed by atoms with Crippen LogP contribution in [0.3, 0.4) is 0 Å². The Balaban J connectivity index is 1.70. The molecule has 0 aliphatic carbocycles. The minimum absolute atomic E-state index is 0.410. The van der Waals surface area contributed by atoms with Gasteiger partial charge in [0, 0.05) is 5.56 Å². The molecule has 0 atom stereocenters. The highest BCUT2D eigenvalue weighted by Crippen LogP contribution is 2.28. The van der Waals surface area contributed by atoms with Crippen molar-refractivity contribution in [3.63, 3.8) is 0 Å². The Bertz CT molecular complexity index is 914. The second-order valence-electron chi connectivity index (χ2n) is 5.63. The Kier molecular flexibility index (Phi) is 4.94. The van der Waals surface area contributed by atoms with Gasteiger partial charge in [-0.15, -0.1) is 10.2 Å². The number of nitrogens with zero attached hydrogens (tertiary/aromatic N) is 2. The van der Waals surface area contributed by atoms with Crippen molar-refractivity contribution in [1.82, 2.24) is 10.2 Å². The molecule has 0 fully saturated rings. The SMILES string of the molecule is COC(=O)c1cc(CSc2nnc(-c3ccc(C)c(C)c3)o2)oc1C. The molecule has 0 aliphatic rings. The predicted octanol–water partition coefficient (Wildman–Crippen LogP) is 4.33. The third kappa shape index (κ3) is 3.76. The second-order valence-corrected chi connectivity index (χ2v) is 6.56. The maximum Gasteiger partial charge on any atom is 0.341 e. The van der Waals surface area contributed by atoms with Crippen molar-refractivity contribution < 1.29 is 18.4 Å². The van der Waals surface area contributed by atoms with E-state index in [-0.39, 0.29) is 0 Å². The minimum atomic E-state index is -0.410. The molecule has 0 unspecified atom stereocenters. The molecule has 0 radical (unpaired) electrons. The quantitative estimate of drug-likeness (QED) is 0.496. The summed E-state index contributed by atoms with van der Waals surface area (Å²) < 4.78 is 16.0. The number of hydrogen-bond donors (Lipinski definition) is 0. The molecule has 7 heteroatoms. The van der Waals surface area contributed by atoms with E-state index < -0.39 is 5.97 Å². The van der Waals surface area contributed by atoms with Crippen LogP contribution in [0.25, 0.3) is 11.5 Å². The summed E-state index contributed by atoms with van der Waals surface area (Å²) in [7, 11) is 1.34. The molecule has 2 aromatic heterocycles. The third-order valence-corrected chi connectivity index (χ3v) is 4.71. The molecule has 3 aromatic rings. The Morgan fingerprint density at radius 3 is 2.64 bits per heavy atom. The molecule has 130 valence electrons.